The molecular weight excluding hydrogens is 329 g/mol. The summed E-state index contributed by atoms with van der Waals surface area (Å²) < 4.78 is 71.6. The van der Waals surface area contributed by atoms with Crippen LogP contribution >= 0.6 is 0 Å². The molecule has 0 unspecified atom stereocenters. The van der Waals surface area contributed by atoms with Crippen LogP contribution in [0.25, 0.3) is 0 Å². The van der Waals surface area contributed by atoms with Gasteiger partial charge in [-0.1, -0.05) is 5.16 Å². The zero-order valence-electron chi connectivity index (χ0n) is 11.4. The Balaban J connectivity index is 0.000000541. The minimum Gasteiger partial charge on any atom is -0.454 e. The van der Waals surface area contributed by atoms with Crippen molar-refractivity contribution >= 4 is 16.2 Å². The third kappa shape index (κ3) is 4.62. The van der Waals surface area contributed by atoms with E-state index in [1.807, 2.05) is 0 Å². The Hall–Kier alpha value is -2.30. The number of alkyl halides is 3. The van der Waals surface area contributed by atoms with Crippen LogP contribution in [-0.4, -0.2) is 28.0 Å². The first-order chi connectivity index (χ1) is 10.2. The number of halogens is 3. The first-order valence-corrected chi connectivity index (χ1v) is 6.63. The number of ether oxygens (including phenoxy) is 2. The SMILES string of the molecule is CO/N=C(\C)c1cc2c(cc1C(F)(F)F)OCO2.N=S(=O)=O. The molecule has 0 saturated carbocycles. The van der Waals surface area contributed by atoms with E-state index in [1.165, 1.54) is 20.1 Å². The van der Waals surface area contributed by atoms with Gasteiger partial charge in [0.1, 0.15) is 7.11 Å². The van der Waals surface area contributed by atoms with Gasteiger partial charge in [0.2, 0.25) is 6.79 Å². The van der Waals surface area contributed by atoms with Gasteiger partial charge in [0.15, 0.2) is 11.5 Å². The largest absolute Gasteiger partial charge is 0.454 e. The average molecular weight is 340 g/mol. The fourth-order valence-corrected chi connectivity index (χ4v) is 1.66. The molecule has 1 aromatic carbocycles. The Morgan fingerprint density at radius 1 is 1.32 bits per heavy atom. The molecule has 0 saturated heterocycles. The summed E-state index contributed by atoms with van der Waals surface area (Å²) in [5, 5.41) is 3.51. The maximum absolute atomic E-state index is 12.9. The summed E-state index contributed by atoms with van der Waals surface area (Å²) in [6, 6.07) is 2.16. The number of nitrogens with one attached hydrogen (secondary N) is 1. The molecule has 1 aromatic rings. The highest BCUT2D eigenvalue weighted by molar-refractivity contribution is 7.60. The highest BCUT2D eigenvalue weighted by Gasteiger charge is 2.36. The molecule has 0 aromatic heterocycles. The highest BCUT2D eigenvalue weighted by Crippen LogP contribution is 2.41. The van der Waals surface area contributed by atoms with Gasteiger partial charge in [-0.2, -0.15) is 26.4 Å². The Labute approximate surface area is 124 Å². The van der Waals surface area contributed by atoms with Gasteiger partial charge in [-0.05, 0) is 19.1 Å². The van der Waals surface area contributed by atoms with Crippen LogP contribution < -0.4 is 9.47 Å². The van der Waals surface area contributed by atoms with E-state index in [4.69, 9.17) is 22.7 Å². The number of nitrogens with zero attached hydrogens (tertiary/aromatic N) is 1. The highest BCUT2D eigenvalue weighted by atomic mass is 32.2. The van der Waals surface area contributed by atoms with E-state index >= 15 is 0 Å². The van der Waals surface area contributed by atoms with Crippen molar-refractivity contribution in [1.82, 2.24) is 0 Å². The van der Waals surface area contributed by atoms with E-state index in [2.05, 4.69) is 9.99 Å². The first kappa shape index (κ1) is 17.8. The predicted molar refractivity (Wildman–Crippen MR) is 68.4 cm³/mol. The zero-order chi connectivity index (χ0) is 16.9. The Bertz CT molecular complexity index is 679. The number of fused-ring (bicyclic) bond motifs is 1. The lowest BCUT2D eigenvalue weighted by Gasteiger charge is -2.13. The standard InChI is InChI=1S/C11H10F3NO3.HNO2S/c1-6(15-16-2)7-3-9-10(18-5-17-9)4-8(7)11(12,13)14;1-4(2)3/h3-4H,5H2,1-2H3;1H/b15-6+;. The second-order valence-corrected chi connectivity index (χ2v) is 4.31. The molecule has 0 aliphatic carbocycles. The predicted octanol–water partition coefficient (Wildman–Crippen LogP) is 2.43. The number of hydrogen-bond acceptors (Lipinski definition) is 7. The molecule has 0 amide bonds. The monoisotopic (exact) mass is 340 g/mol. The molecule has 0 bridgehead atoms. The third-order valence-electron chi connectivity index (χ3n) is 2.44. The van der Waals surface area contributed by atoms with Crippen LogP contribution in [0.2, 0.25) is 0 Å². The van der Waals surface area contributed by atoms with Gasteiger partial charge in [0.05, 0.1) is 11.3 Å². The molecule has 1 N–H and O–H groups in total. The van der Waals surface area contributed by atoms with Crippen molar-refractivity contribution in [3.8, 4) is 11.5 Å². The van der Waals surface area contributed by atoms with Gasteiger partial charge in [-0.3, -0.25) is 0 Å². The Kier molecular flexibility index (Phi) is 5.74. The van der Waals surface area contributed by atoms with Crippen molar-refractivity contribution in [3.05, 3.63) is 23.3 Å². The molecule has 22 heavy (non-hydrogen) atoms. The summed E-state index contributed by atoms with van der Waals surface area (Å²) in [5.41, 5.74) is -0.804. The van der Waals surface area contributed by atoms with Crippen LogP contribution in [0.15, 0.2) is 17.3 Å². The van der Waals surface area contributed by atoms with Crippen molar-refractivity contribution < 1.29 is 35.9 Å². The number of rotatable bonds is 2. The summed E-state index contributed by atoms with van der Waals surface area (Å²) in [5.74, 6) is 0.347. The van der Waals surface area contributed by atoms with Gasteiger partial charge in [-0.25, -0.2) is 0 Å². The molecule has 7 nitrogen and oxygen atoms in total. The van der Waals surface area contributed by atoms with Crippen LogP contribution in [0.5, 0.6) is 11.5 Å². The Morgan fingerprint density at radius 2 is 1.82 bits per heavy atom. The maximum atomic E-state index is 12.9. The summed E-state index contributed by atoms with van der Waals surface area (Å²) >= 11 is 0. The summed E-state index contributed by atoms with van der Waals surface area (Å²) in [7, 11) is -1.34. The van der Waals surface area contributed by atoms with Crippen LogP contribution in [0, 0.1) is 4.78 Å². The molecule has 0 fully saturated rings. The smallest absolute Gasteiger partial charge is 0.417 e. The van der Waals surface area contributed by atoms with E-state index in [1.54, 1.807) is 0 Å². The molecule has 1 heterocycles. The average Bonchev–Trinajstić information content (AvgIpc) is 2.82. The van der Waals surface area contributed by atoms with Crippen LogP contribution in [-0.2, 0) is 21.5 Å². The summed E-state index contributed by atoms with van der Waals surface area (Å²) in [4.78, 5) is 4.49. The van der Waals surface area contributed by atoms with Crippen molar-refractivity contribution in [1.29, 1.82) is 4.78 Å². The number of oxime groups is 1. The molecule has 1 aliphatic rings. The number of benzene rings is 1. The first-order valence-electron chi connectivity index (χ1n) is 5.56. The van der Waals surface area contributed by atoms with Gasteiger partial charge in [0, 0.05) is 5.56 Å². The van der Waals surface area contributed by atoms with Crippen molar-refractivity contribution in [2.75, 3.05) is 13.9 Å². The fraction of sp³-hybridized carbons (Fsp3) is 0.364. The van der Waals surface area contributed by atoms with E-state index in [0.717, 1.165) is 6.07 Å². The van der Waals surface area contributed by atoms with Gasteiger partial charge in [-0.15, -0.1) is 0 Å². The summed E-state index contributed by atoms with van der Waals surface area (Å²) in [6.07, 6.45) is -4.50. The minimum atomic E-state index is -4.50. The quantitative estimate of drug-likeness (QED) is 0.658. The van der Waals surface area contributed by atoms with E-state index < -0.39 is 22.2 Å². The van der Waals surface area contributed by atoms with Crippen molar-refractivity contribution in [2.45, 2.75) is 13.1 Å². The minimum absolute atomic E-state index is 0.0799. The van der Waals surface area contributed by atoms with E-state index in [0.29, 0.717) is 0 Å². The molecular formula is C11H11F3N2O5S. The van der Waals surface area contributed by atoms with E-state index in [9.17, 15) is 13.2 Å². The van der Waals surface area contributed by atoms with Gasteiger partial charge >= 0.3 is 16.7 Å². The number of hydrogen-bond donors (Lipinski definition) is 1. The third-order valence-corrected chi connectivity index (χ3v) is 2.44. The summed E-state index contributed by atoms with van der Waals surface area (Å²) in [6.45, 7) is 1.34. The molecule has 1 aliphatic heterocycles. The van der Waals surface area contributed by atoms with Crippen LogP contribution in [0.1, 0.15) is 18.1 Å². The normalized spacial score (nSPS) is 13.2. The van der Waals surface area contributed by atoms with Gasteiger partial charge < -0.3 is 14.3 Å². The molecule has 122 valence electrons. The molecule has 11 heteroatoms. The zero-order valence-corrected chi connectivity index (χ0v) is 12.2. The Morgan fingerprint density at radius 3 is 2.27 bits per heavy atom. The maximum Gasteiger partial charge on any atom is 0.417 e. The molecule has 0 spiro atoms. The lowest BCUT2D eigenvalue weighted by atomic mass is 10.0. The van der Waals surface area contributed by atoms with Crippen molar-refractivity contribution in [3.63, 3.8) is 0 Å². The lowest BCUT2D eigenvalue weighted by Crippen LogP contribution is -2.12. The fourth-order valence-electron chi connectivity index (χ4n) is 1.66. The topological polar surface area (TPSA) is 98.0 Å². The second kappa shape index (κ2) is 7.11. The molecule has 0 atom stereocenters. The van der Waals surface area contributed by atoms with Crippen molar-refractivity contribution in [2.24, 2.45) is 5.16 Å². The van der Waals surface area contributed by atoms with Crippen LogP contribution in [0.4, 0.5) is 13.2 Å². The van der Waals surface area contributed by atoms with Crippen LogP contribution in [0.3, 0.4) is 0 Å². The van der Waals surface area contributed by atoms with E-state index in [-0.39, 0.29) is 29.6 Å². The molecule has 0 radical (unpaired) electrons. The lowest BCUT2D eigenvalue weighted by molar-refractivity contribution is -0.137. The van der Waals surface area contributed by atoms with Gasteiger partial charge in [0.25, 0.3) is 0 Å². The molecule has 2 rings (SSSR count). The second-order valence-electron chi connectivity index (χ2n) is 3.84.